The van der Waals surface area contributed by atoms with Crippen LogP contribution in [0.3, 0.4) is 0 Å². The maximum Gasteiger partial charge on any atom is 0.349 e. The van der Waals surface area contributed by atoms with E-state index in [0.29, 0.717) is 9.75 Å². The average molecular weight is 324 g/mol. The first-order chi connectivity index (χ1) is 9.80. The van der Waals surface area contributed by atoms with E-state index in [1.165, 1.54) is 22.7 Å². The molecule has 2 rings (SSSR count). The molecule has 1 N–H and O–H groups in total. The summed E-state index contributed by atoms with van der Waals surface area (Å²) in [7, 11) is 0. The summed E-state index contributed by atoms with van der Waals surface area (Å²) in [5.74, 6) is -0.616. The molecule has 1 atom stereocenters. The topological polar surface area (TPSA) is 46.5 Å². The Morgan fingerprint density at radius 1 is 1.19 bits per heavy atom. The van der Waals surface area contributed by atoms with E-state index in [-0.39, 0.29) is 12.0 Å². The van der Waals surface area contributed by atoms with Gasteiger partial charge in [-0.1, -0.05) is 26.8 Å². The number of hydrogen-bond donors (Lipinski definition) is 1. The van der Waals surface area contributed by atoms with Crippen LogP contribution in [0.5, 0.6) is 0 Å². The van der Waals surface area contributed by atoms with E-state index >= 15 is 0 Å². The van der Waals surface area contributed by atoms with Crippen LogP contribution in [0, 0.1) is 0 Å². The molecule has 2 aromatic rings. The molecule has 21 heavy (non-hydrogen) atoms. The second-order valence-electron chi connectivity index (χ2n) is 5.82. The highest BCUT2D eigenvalue weighted by atomic mass is 32.1. The van der Waals surface area contributed by atoms with Gasteiger partial charge < -0.3 is 9.84 Å². The third kappa shape index (κ3) is 3.05. The third-order valence-corrected chi connectivity index (χ3v) is 5.75. The van der Waals surface area contributed by atoms with E-state index in [1.807, 2.05) is 23.6 Å². The molecule has 0 saturated carbocycles. The van der Waals surface area contributed by atoms with E-state index in [2.05, 4.69) is 20.8 Å². The number of aliphatic hydroxyl groups is 1. The Balaban J connectivity index is 2.51. The molecule has 0 aliphatic carbocycles. The van der Waals surface area contributed by atoms with Crippen LogP contribution in [-0.2, 0) is 20.5 Å². The summed E-state index contributed by atoms with van der Waals surface area (Å²) in [6, 6.07) is 7.38. The van der Waals surface area contributed by atoms with Gasteiger partial charge in [0.15, 0.2) is 0 Å². The predicted octanol–water partition coefficient (Wildman–Crippen LogP) is 3.91. The quantitative estimate of drug-likeness (QED) is 0.868. The van der Waals surface area contributed by atoms with Gasteiger partial charge in [-0.05, 0) is 35.9 Å². The van der Waals surface area contributed by atoms with Crippen molar-refractivity contribution < 1.29 is 14.6 Å². The van der Waals surface area contributed by atoms with Crippen molar-refractivity contribution in [3.8, 4) is 0 Å². The SMILES string of the molecule is CCOC(=O)C(O)(c1cccs1)c1ccc(C(C)(C)C)s1. The fraction of sp³-hybridized carbons (Fsp3) is 0.438. The molecule has 0 fully saturated rings. The lowest BCUT2D eigenvalue weighted by Crippen LogP contribution is -2.37. The van der Waals surface area contributed by atoms with Gasteiger partial charge in [-0.3, -0.25) is 0 Å². The molecule has 0 bridgehead atoms. The molecule has 2 heterocycles. The highest BCUT2D eigenvalue weighted by Gasteiger charge is 2.44. The minimum atomic E-state index is -1.71. The van der Waals surface area contributed by atoms with E-state index in [9.17, 15) is 9.90 Å². The number of hydrogen-bond acceptors (Lipinski definition) is 5. The van der Waals surface area contributed by atoms with E-state index in [1.54, 1.807) is 13.0 Å². The highest BCUT2D eigenvalue weighted by Crippen LogP contribution is 2.40. The fourth-order valence-electron chi connectivity index (χ4n) is 1.98. The Hall–Kier alpha value is -1.17. The van der Waals surface area contributed by atoms with Crippen molar-refractivity contribution in [1.29, 1.82) is 0 Å². The van der Waals surface area contributed by atoms with E-state index in [4.69, 9.17) is 4.74 Å². The molecule has 114 valence electrons. The Morgan fingerprint density at radius 2 is 1.86 bits per heavy atom. The zero-order valence-corrected chi connectivity index (χ0v) is 14.3. The number of rotatable bonds is 4. The second-order valence-corrected chi connectivity index (χ2v) is 7.85. The summed E-state index contributed by atoms with van der Waals surface area (Å²) in [4.78, 5) is 14.7. The molecule has 2 aromatic heterocycles. The van der Waals surface area contributed by atoms with Crippen molar-refractivity contribution in [1.82, 2.24) is 0 Å². The first-order valence-corrected chi connectivity index (χ1v) is 8.54. The molecule has 0 aliphatic rings. The molecule has 0 radical (unpaired) electrons. The van der Waals surface area contributed by atoms with Crippen molar-refractivity contribution in [2.75, 3.05) is 6.61 Å². The van der Waals surface area contributed by atoms with Crippen LogP contribution < -0.4 is 0 Å². The van der Waals surface area contributed by atoms with Gasteiger partial charge in [-0.15, -0.1) is 22.7 Å². The van der Waals surface area contributed by atoms with Crippen LogP contribution in [0.4, 0.5) is 0 Å². The maximum absolute atomic E-state index is 12.4. The van der Waals surface area contributed by atoms with Gasteiger partial charge >= 0.3 is 5.97 Å². The van der Waals surface area contributed by atoms with Gasteiger partial charge in [-0.25, -0.2) is 4.79 Å². The van der Waals surface area contributed by atoms with Crippen LogP contribution in [0.25, 0.3) is 0 Å². The lowest BCUT2D eigenvalue weighted by molar-refractivity contribution is -0.161. The lowest BCUT2D eigenvalue weighted by atomic mass is 9.94. The molecule has 0 aliphatic heterocycles. The standard InChI is InChI=1S/C16H20O3S2/c1-5-19-14(17)16(18,12-7-6-10-20-12)13-9-8-11(21-13)15(2,3)4/h6-10,18H,5H2,1-4H3. The Labute approximate surface area is 133 Å². The minimum Gasteiger partial charge on any atom is -0.463 e. The van der Waals surface area contributed by atoms with Gasteiger partial charge in [0.1, 0.15) is 0 Å². The molecule has 0 spiro atoms. The van der Waals surface area contributed by atoms with Crippen molar-refractivity contribution >= 4 is 28.6 Å². The van der Waals surface area contributed by atoms with Crippen molar-refractivity contribution in [3.63, 3.8) is 0 Å². The monoisotopic (exact) mass is 324 g/mol. The normalized spacial score (nSPS) is 14.7. The molecule has 5 heteroatoms. The average Bonchev–Trinajstić information content (AvgIpc) is 3.08. The maximum atomic E-state index is 12.4. The van der Waals surface area contributed by atoms with Gasteiger partial charge in [0, 0.05) is 4.88 Å². The lowest BCUT2D eigenvalue weighted by Gasteiger charge is -2.24. The molecule has 3 nitrogen and oxygen atoms in total. The summed E-state index contributed by atoms with van der Waals surface area (Å²) in [5.41, 5.74) is -1.73. The molecule has 1 unspecified atom stereocenters. The smallest absolute Gasteiger partial charge is 0.349 e. The summed E-state index contributed by atoms with van der Waals surface area (Å²) in [5, 5.41) is 12.9. The first-order valence-electron chi connectivity index (χ1n) is 6.84. The van der Waals surface area contributed by atoms with Gasteiger partial charge in [0.25, 0.3) is 0 Å². The molecule has 0 aromatic carbocycles. The third-order valence-electron chi connectivity index (χ3n) is 3.15. The van der Waals surface area contributed by atoms with Gasteiger partial charge in [0.05, 0.1) is 16.4 Å². The van der Waals surface area contributed by atoms with Gasteiger partial charge in [0.2, 0.25) is 5.60 Å². The van der Waals surface area contributed by atoms with Gasteiger partial charge in [-0.2, -0.15) is 0 Å². The molecule has 0 amide bonds. The zero-order valence-electron chi connectivity index (χ0n) is 12.7. The van der Waals surface area contributed by atoms with Crippen LogP contribution in [0.15, 0.2) is 29.6 Å². The zero-order chi connectivity index (χ0) is 15.7. The van der Waals surface area contributed by atoms with Crippen molar-refractivity contribution in [2.24, 2.45) is 0 Å². The van der Waals surface area contributed by atoms with Crippen molar-refractivity contribution in [2.45, 2.75) is 38.7 Å². The fourth-order valence-corrected chi connectivity index (χ4v) is 4.02. The molecular formula is C16H20O3S2. The number of esters is 1. The first kappa shape index (κ1) is 16.2. The summed E-state index contributed by atoms with van der Waals surface area (Å²) in [6.45, 7) is 8.30. The number of ether oxygens (including phenoxy) is 1. The highest BCUT2D eigenvalue weighted by molar-refractivity contribution is 7.13. The molecule has 0 saturated heterocycles. The number of carbonyl (C=O) groups is 1. The Kier molecular flexibility index (Phi) is 4.56. The van der Waals surface area contributed by atoms with Crippen LogP contribution in [-0.4, -0.2) is 17.7 Å². The summed E-state index contributed by atoms with van der Waals surface area (Å²) < 4.78 is 5.10. The van der Waals surface area contributed by atoms with Crippen LogP contribution in [0.1, 0.15) is 42.3 Å². The van der Waals surface area contributed by atoms with Crippen molar-refractivity contribution in [3.05, 3.63) is 44.3 Å². The molecular weight excluding hydrogens is 304 g/mol. The second kappa shape index (κ2) is 5.91. The number of thiophene rings is 2. The minimum absolute atomic E-state index is 0.0199. The predicted molar refractivity (Wildman–Crippen MR) is 87.0 cm³/mol. The van der Waals surface area contributed by atoms with Crippen LogP contribution in [0.2, 0.25) is 0 Å². The summed E-state index contributed by atoms with van der Waals surface area (Å²) >= 11 is 2.81. The van der Waals surface area contributed by atoms with Crippen LogP contribution >= 0.6 is 22.7 Å². The van der Waals surface area contributed by atoms with E-state index in [0.717, 1.165) is 4.88 Å². The number of carbonyl (C=O) groups excluding carboxylic acids is 1. The van der Waals surface area contributed by atoms with E-state index < -0.39 is 11.6 Å². The Bertz CT molecular complexity index is 608. The largest absolute Gasteiger partial charge is 0.463 e. The Morgan fingerprint density at radius 3 is 2.33 bits per heavy atom. The summed E-state index contributed by atoms with van der Waals surface area (Å²) in [6.07, 6.45) is 0.